The first-order chi connectivity index (χ1) is 5.41. The first kappa shape index (κ1) is 8.93. The van der Waals surface area contributed by atoms with Gasteiger partial charge in [-0.05, 0) is 26.8 Å². The average molecular weight is 167 g/mol. The van der Waals surface area contributed by atoms with Crippen LogP contribution in [0.3, 0.4) is 0 Å². The molecule has 0 fully saturated rings. The van der Waals surface area contributed by atoms with Crippen LogP contribution in [-0.4, -0.2) is 10.2 Å². The Kier molecular flexibility index (Phi) is 2.02. The van der Waals surface area contributed by atoms with Crippen LogP contribution in [0.15, 0.2) is 10.9 Å². The molecule has 0 aromatic carbocycles. The van der Waals surface area contributed by atoms with Crippen molar-refractivity contribution in [1.82, 2.24) is 10.2 Å². The van der Waals surface area contributed by atoms with Gasteiger partial charge in [0.05, 0.1) is 5.69 Å². The Hall–Kier alpha value is -1.16. The van der Waals surface area contributed by atoms with Gasteiger partial charge in [-0.3, -0.25) is 4.79 Å². The molecule has 1 aromatic rings. The van der Waals surface area contributed by atoms with E-state index < -0.39 is 5.54 Å². The lowest BCUT2D eigenvalue weighted by Gasteiger charge is -2.17. The normalized spacial score (nSPS) is 11.7. The van der Waals surface area contributed by atoms with E-state index in [0.717, 1.165) is 5.69 Å². The molecule has 0 bridgehead atoms. The Balaban J connectivity index is 3.33. The maximum absolute atomic E-state index is 11.2. The summed E-state index contributed by atoms with van der Waals surface area (Å²) in [7, 11) is 0. The van der Waals surface area contributed by atoms with Crippen LogP contribution in [0.1, 0.15) is 25.1 Å². The second-order valence-corrected chi connectivity index (χ2v) is 3.47. The van der Waals surface area contributed by atoms with E-state index in [1.54, 1.807) is 19.9 Å². The smallest absolute Gasteiger partial charge is 0.269 e. The molecule has 0 atom stereocenters. The minimum atomic E-state index is -0.610. The number of nitrogens with one attached hydrogen (secondary N) is 1. The highest BCUT2D eigenvalue weighted by molar-refractivity contribution is 5.19. The highest BCUT2D eigenvalue weighted by atomic mass is 16.1. The van der Waals surface area contributed by atoms with Crippen molar-refractivity contribution in [2.24, 2.45) is 5.73 Å². The fourth-order valence-corrected chi connectivity index (χ4v) is 0.984. The summed E-state index contributed by atoms with van der Waals surface area (Å²) in [5.41, 5.74) is 6.29. The zero-order chi connectivity index (χ0) is 9.35. The molecule has 0 radical (unpaired) electrons. The van der Waals surface area contributed by atoms with Crippen LogP contribution in [-0.2, 0) is 5.54 Å². The van der Waals surface area contributed by atoms with Gasteiger partial charge in [-0.15, -0.1) is 0 Å². The number of hydrogen-bond donors (Lipinski definition) is 2. The molecule has 1 rings (SSSR count). The predicted molar refractivity (Wildman–Crippen MR) is 46.8 cm³/mol. The van der Waals surface area contributed by atoms with E-state index in [0.29, 0.717) is 5.56 Å². The lowest BCUT2D eigenvalue weighted by Crippen LogP contribution is -2.35. The van der Waals surface area contributed by atoms with Crippen molar-refractivity contribution in [2.45, 2.75) is 26.3 Å². The summed E-state index contributed by atoms with van der Waals surface area (Å²) in [5, 5.41) is 6.15. The molecule has 1 aromatic heterocycles. The Morgan fingerprint density at radius 3 is 2.58 bits per heavy atom. The molecule has 12 heavy (non-hydrogen) atoms. The van der Waals surface area contributed by atoms with Crippen molar-refractivity contribution < 1.29 is 0 Å². The quantitative estimate of drug-likeness (QED) is 0.630. The third-order valence-corrected chi connectivity index (χ3v) is 1.63. The fraction of sp³-hybridized carbons (Fsp3) is 0.500. The van der Waals surface area contributed by atoms with Gasteiger partial charge < -0.3 is 5.73 Å². The summed E-state index contributed by atoms with van der Waals surface area (Å²) in [4.78, 5) is 11.2. The van der Waals surface area contributed by atoms with Crippen molar-refractivity contribution >= 4 is 0 Å². The molecule has 0 spiro atoms. The number of H-pyrrole nitrogens is 1. The molecule has 0 saturated carbocycles. The summed E-state index contributed by atoms with van der Waals surface area (Å²) in [6.07, 6.45) is 0. The molecule has 4 nitrogen and oxygen atoms in total. The summed E-state index contributed by atoms with van der Waals surface area (Å²) in [6, 6.07) is 1.71. The van der Waals surface area contributed by atoms with Gasteiger partial charge in [0.25, 0.3) is 5.56 Å². The summed E-state index contributed by atoms with van der Waals surface area (Å²) < 4.78 is 0. The Morgan fingerprint density at radius 2 is 2.17 bits per heavy atom. The number of rotatable bonds is 1. The van der Waals surface area contributed by atoms with Gasteiger partial charge in [-0.25, -0.2) is 5.10 Å². The molecular formula is C8H13N3O. The van der Waals surface area contributed by atoms with E-state index in [1.807, 2.05) is 6.92 Å². The van der Waals surface area contributed by atoms with Gasteiger partial charge in [-0.1, -0.05) is 0 Å². The summed E-state index contributed by atoms with van der Waals surface area (Å²) in [6.45, 7) is 5.39. The Labute approximate surface area is 70.8 Å². The standard InChI is InChI=1S/C8H13N3O/c1-5-4-6(8(2,3)9)7(12)11-10-5/h4H,9H2,1-3H3,(H,11,12). The number of nitrogens with two attached hydrogens (primary N) is 1. The molecule has 0 amide bonds. The predicted octanol–water partition coefficient (Wildman–Crippen LogP) is 0.272. The van der Waals surface area contributed by atoms with E-state index in [1.165, 1.54) is 0 Å². The van der Waals surface area contributed by atoms with Gasteiger partial charge in [0.15, 0.2) is 0 Å². The molecular weight excluding hydrogens is 154 g/mol. The van der Waals surface area contributed by atoms with Gasteiger partial charge in [0.1, 0.15) is 0 Å². The third-order valence-electron chi connectivity index (χ3n) is 1.63. The van der Waals surface area contributed by atoms with Crippen molar-refractivity contribution in [1.29, 1.82) is 0 Å². The zero-order valence-corrected chi connectivity index (χ0v) is 7.51. The number of hydrogen-bond acceptors (Lipinski definition) is 3. The maximum atomic E-state index is 11.2. The first-order valence-corrected chi connectivity index (χ1v) is 3.77. The van der Waals surface area contributed by atoms with Gasteiger partial charge in [0, 0.05) is 11.1 Å². The van der Waals surface area contributed by atoms with Crippen LogP contribution in [0.5, 0.6) is 0 Å². The van der Waals surface area contributed by atoms with E-state index in [4.69, 9.17) is 5.73 Å². The highest BCUT2D eigenvalue weighted by Gasteiger charge is 2.18. The molecule has 0 aliphatic heterocycles. The van der Waals surface area contributed by atoms with Crippen LogP contribution in [0, 0.1) is 6.92 Å². The van der Waals surface area contributed by atoms with Crippen LogP contribution in [0.4, 0.5) is 0 Å². The Bertz CT molecular complexity index is 335. The topological polar surface area (TPSA) is 71.8 Å². The molecule has 1 heterocycles. The third kappa shape index (κ3) is 1.71. The number of aryl methyl sites for hydroxylation is 1. The molecule has 66 valence electrons. The maximum Gasteiger partial charge on any atom is 0.269 e. The van der Waals surface area contributed by atoms with E-state index >= 15 is 0 Å². The fourth-order valence-electron chi connectivity index (χ4n) is 0.984. The largest absolute Gasteiger partial charge is 0.322 e. The monoisotopic (exact) mass is 167 g/mol. The zero-order valence-electron chi connectivity index (χ0n) is 7.51. The molecule has 0 aliphatic rings. The van der Waals surface area contributed by atoms with Gasteiger partial charge >= 0.3 is 0 Å². The number of aromatic amines is 1. The summed E-state index contributed by atoms with van der Waals surface area (Å²) in [5.74, 6) is 0. The SMILES string of the molecule is Cc1cc(C(C)(C)N)c(=O)[nH]n1. The van der Waals surface area contributed by atoms with Crippen LogP contribution in [0.2, 0.25) is 0 Å². The molecule has 3 N–H and O–H groups in total. The number of nitrogens with zero attached hydrogens (tertiary/aromatic N) is 1. The first-order valence-electron chi connectivity index (χ1n) is 3.77. The minimum absolute atomic E-state index is 0.215. The van der Waals surface area contributed by atoms with Crippen molar-refractivity contribution in [3.05, 3.63) is 27.7 Å². The lowest BCUT2D eigenvalue weighted by molar-refractivity contribution is 0.542. The second kappa shape index (κ2) is 2.71. The van der Waals surface area contributed by atoms with Crippen LogP contribution >= 0.6 is 0 Å². The van der Waals surface area contributed by atoms with E-state index in [-0.39, 0.29) is 5.56 Å². The average Bonchev–Trinajstić information content (AvgIpc) is 1.92. The minimum Gasteiger partial charge on any atom is -0.322 e. The summed E-state index contributed by atoms with van der Waals surface area (Å²) >= 11 is 0. The van der Waals surface area contributed by atoms with Crippen molar-refractivity contribution in [3.8, 4) is 0 Å². The van der Waals surface area contributed by atoms with Crippen molar-refractivity contribution in [3.63, 3.8) is 0 Å². The van der Waals surface area contributed by atoms with E-state index in [9.17, 15) is 4.79 Å². The number of aromatic nitrogens is 2. The molecule has 0 saturated heterocycles. The second-order valence-electron chi connectivity index (χ2n) is 3.47. The van der Waals surface area contributed by atoms with Gasteiger partial charge in [0.2, 0.25) is 0 Å². The molecule has 4 heteroatoms. The lowest BCUT2D eigenvalue weighted by atomic mass is 9.97. The molecule has 0 aliphatic carbocycles. The van der Waals surface area contributed by atoms with Crippen LogP contribution < -0.4 is 11.3 Å². The van der Waals surface area contributed by atoms with Crippen molar-refractivity contribution in [2.75, 3.05) is 0 Å². The highest BCUT2D eigenvalue weighted by Crippen LogP contribution is 2.11. The van der Waals surface area contributed by atoms with Gasteiger partial charge in [-0.2, -0.15) is 5.10 Å². The van der Waals surface area contributed by atoms with E-state index in [2.05, 4.69) is 10.2 Å². The van der Waals surface area contributed by atoms with Crippen LogP contribution in [0.25, 0.3) is 0 Å². The molecule has 0 unspecified atom stereocenters. The Morgan fingerprint density at radius 1 is 1.58 bits per heavy atom.